The molecule has 2 aromatic carbocycles. The maximum Gasteiger partial charge on any atom is 0.416 e. The molecule has 2 aromatic rings. The standard InChI is InChI=1S/C22H22F3N3O2S/c1-29-18-7-2-4-15(12-18)19-14-21(30-27-19)8-10-28(11-9-21)20(31)26-17-6-3-5-16(13-17)22(23,24)25/h2-7,12-13H,8-11,14H2,1H3,(H,26,31). The number of hydrogen-bond acceptors (Lipinski definition) is 4. The average Bonchev–Trinajstić information content (AvgIpc) is 3.17. The van der Waals surface area contributed by atoms with E-state index in [1.807, 2.05) is 29.2 Å². The van der Waals surface area contributed by atoms with E-state index in [0.29, 0.717) is 43.2 Å². The summed E-state index contributed by atoms with van der Waals surface area (Å²) >= 11 is 5.43. The van der Waals surface area contributed by atoms with Crippen LogP contribution in [0.1, 0.15) is 30.4 Å². The first kappa shape index (κ1) is 21.4. The van der Waals surface area contributed by atoms with Crippen LogP contribution in [0.15, 0.2) is 53.7 Å². The van der Waals surface area contributed by atoms with E-state index in [1.165, 1.54) is 6.07 Å². The molecule has 1 spiro atoms. The number of piperidine rings is 1. The molecule has 0 aromatic heterocycles. The van der Waals surface area contributed by atoms with Crippen LogP contribution in [0.5, 0.6) is 5.75 Å². The van der Waals surface area contributed by atoms with Gasteiger partial charge in [0.25, 0.3) is 0 Å². The van der Waals surface area contributed by atoms with Gasteiger partial charge in [-0.25, -0.2) is 0 Å². The molecule has 0 atom stereocenters. The highest BCUT2D eigenvalue weighted by molar-refractivity contribution is 7.80. The Kier molecular flexibility index (Phi) is 5.79. The largest absolute Gasteiger partial charge is 0.497 e. The predicted molar refractivity (Wildman–Crippen MR) is 116 cm³/mol. The molecule has 4 rings (SSSR count). The molecule has 2 aliphatic rings. The van der Waals surface area contributed by atoms with Gasteiger partial charge in [0.15, 0.2) is 5.11 Å². The van der Waals surface area contributed by atoms with Crippen LogP contribution in [0.2, 0.25) is 0 Å². The second-order valence-corrected chi connectivity index (χ2v) is 8.10. The van der Waals surface area contributed by atoms with Crippen molar-refractivity contribution in [2.24, 2.45) is 5.16 Å². The lowest BCUT2D eigenvalue weighted by molar-refractivity contribution is -0.137. The van der Waals surface area contributed by atoms with E-state index in [2.05, 4.69) is 10.5 Å². The second-order valence-electron chi connectivity index (χ2n) is 7.72. The van der Waals surface area contributed by atoms with Crippen molar-refractivity contribution in [3.8, 4) is 5.75 Å². The minimum absolute atomic E-state index is 0.320. The lowest BCUT2D eigenvalue weighted by Crippen LogP contribution is -2.48. The van der Waals surface area contributed by atoms with Gasteiger partial charge in [0.05, 0.1) is 18.4 Å². The first-order valence-corrected chi connectivity index (χ1v) is 10.3. The molecule has 0 saturated carbocycles. The predicted octanol–water partition coefficient (Wildman–Crippen LogP) is 5.07. The van der Waals surface area contributed by atoms with Crippen molar-refractivity contribution in [3.05, 3.63) is 59.7 Å². The third-order valence-electron chi connectivity index (χ3n) is 5.65. The third-order valence-corrected chi connectivity index (χ3v) is 6.01. The number of anilines is 1. The Balaban J connectivity index is 1.34. The van der Waals surface area contributed by atoms with Gasteiger partial charge in [0.2, 0.25) is 0 Å². The van der Waals surface area contributed by atoms with E-state index in [9.17, 15) is 13.2 Å². The smallest absolute Gasteiger partial charge is 0.416 e. The van der Waals surface area contributed by atoms with Crippen molar-refractivity contribution in [2.45, 2.75) is 31.0 Å². The maximum atomic E-state index is 12.9. The average molecular weight is 449 g/mol. The third kappa shape index (κ3) is 4.76. The minimum Gasteiger partial charge on any atom is -0.497 e. The van der Waals surface area contributed by atoms with Crippen molar-refractivity contribution in [3.63, 3.8) is 0 Å². The number of rotatable bonds is 3. The topological polar surface area (TPSA) is 46.1 Å². The highest BCUT2D eigenvalue weighted by Gasteiger charge is 2.42. The molecule has 0 bridgehead atoms. The normalized spacial score (nSPS) is 17.8. The number of nitrogens with one attached hydrogen (secondary N) is 1. The van der Waals surface area contributed by atoms with E-state index < -0.39 is 11.7 Å². The van der Waals surface area contributed by atoms with Crippen LogP contribution >= 0.6 is 12.2 Å². The summed E-state index contributed by atoms with van der Waals surface area (Å²) in [6, 6.07) is 12.7. The number of methoxy groups -OCH3 is 1. The number of likely N-dealkylation sites (tertiary alicyclic amines) is 1. The van der Waals surface area contributed by atoms with Crippen LogP contribution in [0.3, 0.4) is 0 Å². The summed E-state index contributed by atoms with van der Waals surface area (Å²) in [6.07, 6.45) is -2.26. The van der Waals surface area contributed by atoms with Crippen LogP contribution in [0.25, 0.3) is 0 Å². The number of alkyl halides is 3. The van der Waals surface area contributed by atoms with Gasteiger partial charge >= 0.3 is 6.18 Å². The molecule has 0 amide bonds. The summed E-state index contributed by atoms with van der Waals surface area (Å²) in [5.41, 5.74) is 1.10. The molecule has 2 aliphatic heterocycles. The Morgan fingerprint density at radius 1 is 1.16 bits per heavy atom. The number of benzene rings is 2. The van der Waals surface area contributed by atoms with E-state index in [4.69, 9.17) is 21.8 Å². The molecule has 2 heterocycles. The summed E-state index contributed by atoms with van der Waals surface area (Å²) in [4.78, 5) is 7.81. The highest BCUT2D eigenvalue weighted by Crippen LogP contribution is 2.37. The molecule has 31 heavy (non-hydrogen) atoms. The zero-order valence-corrected chi connectivity index (χ0v) is 17.7. The van der Waals surface area contributed by atoms with Crippen molar-refractivity contribution < 1.29 is 22.7 Å². The minimum atomic E-state index is -4.39. The SMILES string of the molecule is COc1cccc(C2=NOC3(CCN(C(=S)Nc4cccc(C(F)(F)F)c4)CC3)C2)c1. The van der Waals surface area contributed by atoms with Gasteiger partial charge in [-0.2, -0.15) is 13.2 Å². The van der Waals surface area contributed by atoms with Gasteiger partial charge in [-0.15, -0.1) is 0 Å². The van der Waals surface area contributed by atoms with Gasteiger partial charge in [-0.1, -0.05) is 23.4 Å². The molecule has 5 nitrogen and oxygen atoms in total. The molecule has 1 N–H and O–H groups in total. The molecule has 0 unspecified atom stereocenters. The van der Waals surface area contributed by atoms with Crippen molar-refractivity contribution in [1.29, 1.82) is 0 Å². The van der Waals surface area contributed by atoms with E-state index in [0.717, 1.165) is 29.2 Å². The second kappa shape index (κ2) is 8.37. The number of nitrogens with zero attached hydrogens (tertiary/aromatic N) is 2. The van der Waals surface area contributed by atoms with E-state index in [1.54, 1.807) is 13.2 Å². The number of thiocarbonyl (C=S) groups is 1. The molecule has 164 valence electrons. The molecule has 1 fully saturated rings. The first-order valence-electron chi connectivity index (χ1n) is 9.91. The van der Waals surface area contributed by atoms with Gasteiger partial charge in [-0.05, 0) is 42.5 Å². The molecular weight excluding hydrogens is 427 g/mol. The van der Waals surface area contributed by atoms with E-state index in [-0.39, 0.29) is 5.60 Å². The van der Waals surface area contributed by atoms with Crippen molar-refractivity contribution >= 4 is 28.7 Å². The first-order chi connectivity index (χ1) is 14.8. The Morgan fingerprint density at radius 3 is 2.61 bits per heavy atom. The van der Waals surface area contributed by atoms with Gasteiger partial charge in [0.1, 0.15) is 11.4 Å². The number of halogens is 3. The van der Waals surface area contributed by atoms with Crippen LogP contribution in [-0.4, -0.2) is 41.5 Å². The summed E-state index contributed by atoms with van der Waals surface area (Å²) in [6.45, 7) is 1.26. The highest BCUT2D eigenvalue weighted by atomic mass is 32.1. The quantitative estimate of drug-likeness (QED) is 0.663. The Morgan fingerprint density at radius 2 is 1.90 bits per heavy atom. The lowest BCUT2D eigenvalue weighted by atomic mass is 9.85. The maximum absolute atomic E-state index is 12.9. The molecule has 0 aliphatic carbocycles. The fourth-order valence-corrected chi connectivity index (χ4v) is 4.14. The van der Waals surface area contributed by atoms with Gasteiger partial charge in [0, 0.05) is 43.6 Å². The van der Waals surface area contributed by atoms with Gasteiger partial charge in [-0.3, -0.25) is 0 Å². The van der Waals surface area contributed by atoms with Crippen LogP contribution in [-0.2, 0) is 11.0 Å². The Hall–Kier alpha value is -2.81. The fraction of sp³-hybridized carbons (Fsp3) is 0.364. The zero-order chi connectivity index (χ0) is 22.1. The molecule has 1 saturated heterocycles. The van der Waals surface area contributed by atoms with Crippen LogP contribution in [0.4, 0.5) is 18.9 Å². The molecule has 0 radical (unpaired) electrons. The number of ether oxygens (including phenoxy) is 1. The van der Waals surface area contributed by atoms with Crippen LogP contribution < -0.4 is 10.1 Å². The van der Waals surface area contributed by atoms with Crippen LogP contribution in [0, 0.1) is 0 Å². The molecule has 9 heteroatoms. The Labute approximate surface area is 183 Å². The Bertz CT molecular complexity index is 1000. The number of oxime groups is 1. The lowest BCUT2D eigenvalue weighted by Gasteiger charge is -2.38. The number of hydrogen-bond donors (Lipinski definition) is 1. The van der Waals surface area contributed by atoms with Gasteiger partial charge < -0.3 is 19.8 Å². The summed E-state index contributed by atoms with van der Waals surface area (Å²) in [7, 11) is 1.62. The summed E-state index contributed by atoms with van der Waals surface area (Å²) < 4.78 is 44.0. The van der Waals surface area contributed by atoms with E-state index >= 15 is 0 Å². The monoisotopic (exact) mass is 449 g/mol. The zero-order valence-electron chi connectivity index (χ0n) is 16.9. The van der Waals surface area contributed by atoms with Crippen molar-refractivity contribution in [2.75, 3.05) is 25.5 Å². The molecular formula is C22H22F3N3O2S. The van der Waals surface area contributed by atoms with Crippen molar-refractivity contribution in [1.82, 2.24) is 4.90 Å². The summed E-state index contributed by atoms with van der Waals surface area (Å²) in [5.74, 6) is 0.766. The fourth-order valence-electron chi connectivity index (χ4n) is 3.84. The summed E-state index contributed by atoms with van der Waals surface area (Å²) in [5, 5.41) is 7.64.